The van der Waals surface area contributed by atoms with Crippen molar-refractivity contribution in [2.45, 2.75) is 12.8 Å². The van der Waals surface area contributed by atoms with Crippen LogP contribution in [-0.4, -0.2) is 18.9 Å². The molecule has 2 nitrogen and oxygen atoms in total. The first-order valence-corrected chi connectivity index (χ1v) is 5.76. The van der Waals surface area contributed by atoms with Crippen LogP contribution in [0.25, 0.3) is 0 Å². The zero-order chi connectivity index (χ0) is 11.5. The van der Waals surface area contributed by atoms with Crippen LogP contribution < -0.4 is 5.32 Å². The zero-order valence-electron chi connectivity index (χ0n) is 8.80. The molecule has 0 saturated carbocycles. The Balaban J connectivity index is 2.22. The van der Waals surface area contributed by atoms with Gasteiger partial charge in [0.15, 0.2) is 5.78 Å². The normalized spacial score (nSPS) is 17.4. The fourth-order valence-corrected chi connectivity index (χ4v) is 2.16. The van der Waals surface area contributed by atoms with Gasteiger partial charge in [-0.1, -0.05) is 11.6 Å². The van der Waals surface area contributed by atoms with Crippen LogP contribution in [0.3, 0.4) is 0 Å². The van der Waals surface area contributed by atoms with Crippen LogP contribution in [0.5, 0.6) is 0 Å². The summed E-state index contributed by atoms with van der Waals surface area (Å²) in [6.07, 6.45) is 1.54. The molecule has 1 aromatic rings. The number of benzene rings is 1. The Morgan fingerprint density at radius 2 is 2.06 bits per heavy atom. The summed E-state index contributed by atoms with van der Waals surface area (Å²) in [6.45, 7) is 1.64. The standard InChI is InChI=1S/C12H13ClFNO/c13-9-1-2-11(14)10(7-9)12(16)8-3-5-15-6-4-8/h1-2,7-8,15H,3-6H2. The van der Waals surface area contributed by atoms with E-state index in [-0.39, 0.29) is 17.3 Å². The predicted octanol–water partition coefficient (Wildman–Crippen LogP) is 2.66. The zero-order valence-corrected chi connectivity index (χ0v) is 9.56. The maximum Gasteiger partial charge on any atom is 0.169 e. The van der Waals surface area contributed by atoms with Crippen molar-refractivity contribution >= 4 is 17.4 Å². The molecular formula is C12H13ClFNO. The molecule has 0 bridgehead atoms. The molecule has 1 fully saturated rings. The lowest BCUT2D eigenvalue weighted by Gasteiger charge is -2.21. The number of halogens is 2. The lowest BCUT2D eigenvalue weighted by molar-refractivity contribution is 0.0891. The molecule has 1 heterocycles. The molecular weight excluding hydrogens is 229 g/mol. The second kappa shape index (κ2) is 4.93. The molecule has 0 atom stereocenters. The van der Waals surface area contributed by atoms with Crippen molar-refractivity contribution in [2.75, 3.05) is 13.1 Å². The lowest BCUT2D eigenvalue weighted by atomic mass is 9.89. The quantitative estimate of drug-likeness (QED) is 0.807. The van der Waals surface area contributed by atoms with Gasteiger partial charge in [-0.15, -0.1) is 0 Å². The highest BCUT2D eigenvalue weighted by molar-refractivity contribution is 6.31. The van der Waals surface area contributed by atoms with E-state index in [2.05, 4.69) is 5.32 Å². The predicted molar refractivity (Wildman–Crippen MR) is 61.3 cm³/mol. The van der Waals surface area contributed by atoms with Crippen LogP contribution in [0.2, 0.25) is 5.02 Å². The first-order valence-electron chi connectivity index (χ1n) is 5.38. The average Bonchev–Trinajstić information content (AvgIpc) is 2.32. The van der Waals surface area contributed by atoms with Gasteiger partial charge in [-0.2, -0.15) is 0 Å². The molecule has 4 heteroatoms. The summed E-state index contributed by atoms with van der Waals surface area (Å²) in [6, 6.07) is 4.12. The van der Waals surface area contributed by atoms with E-state index < -0.39 is 5.82 Å². The number of carbonyl (C=O) groups is 1. The largest absolute Gasteiger partial charge is 0.317 e. The fraction of sp³-hybridized carbons (Fsp3) is 0.417. The van der Waals surface area contributed by atoms with Crippen LogP contribution in [0.4, 0.5) is 4.39 Å². The second-order valence-electron chi connectivity index (χ2n) is 4.01. The Hall–Kier alpha value is -0.930. The highest BCUT2D eigenvalue weighted by Gasteiger charge is 2.24. The number of nitrogens with one attached hydrogen (secondary N) is 1. The number of ketones is 1. The molecule has 0 aromatic heterocycles. The minimum atomic E-state index is -0.479. The molecule has 1 saturated heterocycles. The monoisotopic (exact) mass is 241 g/mol. The fourth-order valence-electron chi connectivity index (χ4n) is 1.99. The van der Waals surface area contributed by atoms with Crippen molar-refractivity contribution in [2.24, 2.45) is 5.92 Å². The van der Waals surface area contributed by atoms with Gasteiger partial charge >= 0.3 is 0 Å². The van der Waals surface area contributed by atoms with Gasteiger partial charge in [0.1, 0.15) is 5.82 Å². The number of carbonyl (C=O) groups excluding carboxylic acids is 1. The summed E-state index contributed by atoms with van der Waals surface area (Å²) in [5.41, 5.74) is 0.124. The molecule has 0 radical (unpaired) electrons. The van der Waals surface area contributed by atoms with E-state index >= 15 is 0 Å². The van der Waals surface area contributed by atoms with Gasteiger partial charge in [0.05, 0.1) is 5.56 Å². The maximum atomic E-state index is 13.5. The van der Waals surface area contributed by atoms with E-state index in [1.807, 2.05) is 0 Å². The van der Waals surface area contributed by atoms with E-state index in [4.69, 9.17) is 11.6 Å². The molecule has 16 heavy (non-hydrogen) atoms. The Bertz CT molecular complexity index is 402. The highest BCUT2D eigenvalue weighted by atomic mass is 35.5. The van der Waals surface area contributed by atoms with Crippen LogP contribution in [0, 0.1) is 11.7 Å². The Labute approximate surface area is 98.8 Å². The number of Topliss-reactive ketones (excluding diaryl/α,β-unsaturated/α-hetero) is 1. The third-order valence-corrected chi connectivity index (χ3v) is 3.14. The Morgan fingerprint density at radius 3 is 2.75 bits per heavy atom. The van der Waals surface area contributed by atoms with E-state index in [0.29, 0.717) is 5.02 Å². The first-order chi connectivity index (χ1) is 7.68. The van der Waals surface area contributed by atoms with Gasteiger partial charge in [-0.25, -0.2) is 4.39 Å². The van der Waals surface area contributed by atoms with Crippen LogP contribution >= 0.6 is 11.6 Å². The molecule has 1 N–H and O–H groups in total. The van der Waals surface area contributed by atoms with E-state index in [1.165, 1.54) is 18.2 Å². The number of hydrogen-bond acceptors (Lipinski definition) is 2. The van der Waals surface area contributed by atoms with Gasteiger partial charge < -0.3 is 5.32 Å². The molecule has 2 rings (SSSR count). The van der Waals surface area contributed by atoms with Crippen molar-refractivity contribution in [3.8, 4) is 0 Å². The van der Waals surface area contributed by atoms with Crippen molar-refractivity contribution in [3.05, 3.63) is 34.6 Å². The van der Waals surface area contributed by atoms with E-state index in [0.717, 1.165) is 25.9 Å². The SMILES string of the molecule is O=C(c1cc(Cl)ccc1F)C1CCNCC1. The Morgan fingerprint density at radius 1 is 1.38 bits per heavy atom. The van der Waals surface area contributed by atoms with Crippen molar-refractivity contribution in [3.63, 3.8) is 0 Å². The van der Waals surface area contributed by atoms with Crippen molar-refractivity contribution < 1.29 is 9.18 Å². The lowest BCUT2D eigenvalue weighted by Crippen LogP contribution is -2.32. The minimum Gasteiger partial charge on any atom is -0.317 e. The average molecular weight is 242 g/mol. The minimum absolute atomic E-state index is 0.0748. The summed E-state index contributed by atoms with van der Waals surface area (Å²) in [4.78, 5) is 12.0. The summed E-state index contributed by atoms with van der Waals surface area (Å²) in [7, 11) is 0. The molecule has 0 spiro atoms. The van der Waals surface area contributed by atoms with Crippen LogP contribution in [0.15, 0.2) is 18.2 Å². The van der Waals surface area contributed by atoms with E-state index in [1.54, 1.807) is 0 Å². The summed E-state index contributed by atoms with van der Waals surface area (Å²) in [5, 5.41) is 3.58. The summed E-state index contributed by atoms with van der Waals surface area (Å²) < 4.78 is 13.5. The molecule has 1 aromatic carbocycles. The smallest absolute Gasteiger partial charge is 0.169 e. The molecule has 1 aliphatic rings. The number of piperidine rings is 1. The van der Waals surface area contributed by atoms with Gasteiger partial charge in [0.25, 0.3) is 0 Å². The van der Waals surface area contributed by atoms with Crippen LogP contribution in [-0.2, 0) is 0 Å². The van der Waals surface area contributed by atoms with Gasteiger partial charge in [-0.05, 0) is 44.1 Å². The van der Waals surface area contributed by atoms with Crippen molar-refractivity contribution in [1.82, 2.24) is 5.32 Å². The van der Waals surface area contributed by atoms with Crippen molar-refractivity contribution in [1.29, 1.82) is 0 Å². The molecule has 0 unspecified atom stereocenters. The Kier molecular flexibility index (Phi) is 3.56. The van der Waals surface area contributed by atoms with Gasteiger partial charge in [-0.3, -0.25) is 4.79 Å². The molecule has 0 amide bonds. The third-order valence-electron chi connectivity index (χ3n) is 2.90. The highest BCUT2D eigenvalue weighted by Crippen LogP contribution is 2.22. The van der Waals surface area contributed by atoms with Crippen LogP contribution in [0.1, 0.15) is 23.2 Å². The van der Waals surface area contributed by atoms with Gasteiger partial charge in [0, 0.05) is 10.9 Å². The molecule has 86 valence electrons. The van der Waals surface area contributed by atoms with E-state index in [9.17, 15) is 9.18 Å². The maximum absolute atomic E-state index is 13.5. The number of hydrogen-bond donors (Lipinski definition) is 1. The van der Waals surface area contributed by atoms with Gasteiger partial charge in [0.2, 0.25) is 0 Å². The number of rotatable bonds is 2. The summed E-state index contributed by atoms with van der Waals surface area (Å²) >= 11 is 5.77. The summed E-state index contributed by atoms with van der Waals surface area (Å²) in [5.74, 6) is -0.677. The second-order valence-corrected chi connectivity index (χ2v) is 4.45. The first kappa shape index (κ1) is 11.6. The third kappa shape index (κ3) is 2.42. The molecule has 1 aliphatic heterocycles. The molecule has 0 aliphatic carbocycles. The topological polar surface area (TPSA) is 29.1 Å².